The molecule has 7 unspecified atom stereocenters. The number of esters is 7. The van der Waals surface area contributed by atoms with Crippen LogP contribution in [0.3, 0.4) is 0 Å². The molecule has 0 bridgehead atoms. The topological polar surface area (TPSA) is 406 Å². The fourth-order valence-corrected chi connectivity index (χ4v) is 6.20. The van der Waals surface area contributed by atoms with E-state index in [9.17, 15) is 60.9 Å². The normalized spacial score (nSPS) is 13.9. The summed E-state index contributed by atoms with van der Waals surface area (Å²) in [6.07, 6.45) is 6.14. The number of ether oxygens (including phenoxy) is 14. The first-order valence-corrected chi connectivity index (χ1v) is 34.8. The smallest absolute Gasteiger partial charge is 0.726 e. The second kappa shape index (κ2) is 60.3. The number of epoxide rings is 1. The average Bonchev–Trinajstić information content (AvgIpc) is 1.79. The van der Waals surface area contributed by atoms with Gasteiger partial charge in [-0.05, 0) is 79.1 Å². The summed E-state index contributed by atoms with van der Waals surface area (Å²) in [6, 6.07) is 0. The molecule has 31 nitrogen and oxygen atoms in total. The van der Waals surface area contributed by atoms with Gasteiger partial charge in [-0.2, -0.15) is 0 Å². The summed E-state index contributed by atoms with van der Waals surface area (Å²) in [5, 5.41) is 7.73. The second-order valence-corrected chi connectivity index (χ2v) is 26.5. The molecule has 1 saturated heterocycles. The van der Waals surface area contributed by atoms with Gasteiger partial charge in [0.15, 0.2) is 6.10 Å². The van der Waals surface area contributed by atoms with Gasteiger partial charge in [-0.15, -0.1) is 11.6 Å². The molecule has 1 fully saturated rings. The summed E-state index contributed by atoms with van der Waals surface area (Å²) >= 11 is 5.46. The molecule has 0 aliphatic carbocycles. The number of hydrogen-bond donors (Lipinski definition) is 3. The van der Waals surface area contributed by atoms with Crippen LogP contribution in [0.4, 0.5) is 14.4 Å². The number of amides is 3. The third-order valence-electron chi connectivity index (χ3n) is 13.6. The molecule has 0 aromatic carbocycles. The third kappa shape index (κ3) is 63.2. The zero-order valence-corrected chi connectivity index (χ0v) is 68.0. The number of rotatable bonds is 47. The van der Waals surface area contributed by atoms with E-state index in [0.717, 1.165) is 75.5 Å². The Bertz CT molecular complexity index is 2610. The average molecular weight is 1540 g/mol. The molecule has 0 aromatic heterocycles. The molecular formula is C69H115ClKN3O28S. The number of halogens is 1. The van der Waals surface area contributed by atoms with Crippen LogP contribution >= 0.6 is 11.6 Å². The van der Waals surface area contributed by atoms with Crippen molar-refractivity contribution in [3.8, 4) is 0 Å². The van der Waals surface area contributed by atoms with Crippen molar-refractivity contribution in [3.63, 3.8) is 0 Å². The van der Waals surface area contributed by atoms with E-state index in [1.807, 2.05) is 27.7 Å². The van der Waals surface area contributed by atoms with Crippen LogP contribution in [0.25, 0.3) is 0 Å². The predicted octanol–water partition coefficient (Wildman–Crippen LogP) is 5.60. The number of alkyl carbamates (subject to hydrolysis) is 3. The molecule has 0 aromatic rings. The molecule has 3 N–H and O–H groups in total. The van der Waals surface area contributed by atoms with E-state index in [1.165, 1.54) is 20.3 Å². The SMILES string of the molecule is C=CC(=O)OCC(C)(COC(=O)C=C)NC(=O)OC(C)COC(=O)C(C)(C)CC.C=CC(=O)OCC(C)(COC(=O)C=C)NC(=O)OC(COCC(C)CC)COS(=O)(=O)[O-].C=CC(=O)OCC(C)(COC(=O)C=C)NC(=O)OCCOCC(C)CC.CCC(C)COCC1CO1.CCC(C)Cl.[K+]. The summed E-state index contributed by atoms with van der Waals surface area (Å²) in [4.78, 5) is 116. The Hall–Kier alpha value is -5.82. The van der Waals surface area contributed by atoms with Gasteiger partial charge in [0.1, 0.15) is 88.3 Å². The van der Waals surface area contributed by atoms with Gasteiger partial charge in [-0.3, -0.25) is 8.98 Å². The minimum absolute atomic E-state index is 0. The van der Waals surface area contributed by atoms with Crippen LogP contribution in [0.2, 0.25) is 0 Å². The third-order valence-corrected chi connectivity index (χ3v) is 14.3. The summed E-state index contributed by atoms with van der Waals surface area (Å²) in [7, 11) is -5.03. The van der Waals surface area contributed by atoms with Gasteiger partial charge in [-0.25, -0.2) is 51.6 Å². The van der Waals surface area contributed by atoms with E-state index < -0.39 is 125 Å². The first-order valence-electron chi connectivity index (χ1n) is 33.0. The van der Waals surface area contributed by atoms with Crippen LogP contribution in [-0.4, -0.2) is 219 Å². The van der Waals surface area contributed by atoms with Crippen molar-refractivity contribution >= 4 is 82.1 Å². The van der Waals surface area contributed by atoms with E-state index in [2.05, 4.69) is 94.2 Å². The van der Waals surface area contributed by atoms with Crippen molar-refractivity contribution < 1.29 is 183 Å². The van der Waals surface area contributed by atoms with Crippen molar-refractivity contribution in [2.24, 2.45) is 23.2 Å². The van der Waals surface area contributed by atoms with E-state index in [4.69, 9.17) is 77.9 Å². The Balaban J connectivity index is -0.000000421. The van der Waals surface area contributed by atoms with Gasteiger partial charge < -0.3 is 86.8 Å². The second-order valence-electron chi connectivity index (χ2n) is 24.7. The number of carbonyl (C=O) groups excluding carboxylic acids is 10. The first-order chi connectivity index (χ1) is 47.6. The summed E-state index contributed by atoms with van der Waals surface area (Å²) in [6.45, 7) is 48.2. The Morgan fingerprint density at radius 3 is 1.13 bits per heavy atom. The Kier molecular flexibility index (Phi) is 62.0. The first kappa shape index (κ1) is 106. The molecular weight excluding hydrogens is 1430 g/mol. The summed E-state index contributed by atoms with van der Waals surface area (Å²) < 4.78 is 108. The monoisotopic (exact) mass is 1540 g/mol. The molecule has 1 aliphatic rings. The van der Waals surface area contributed by atoms with Gasteiger partial charge in [0.25, 0.3) is 0 Å². The molecule has 7 atom stereocenters. The van der Waals surface area contributed by atoms with Crippen LogP contribution < -0.4 is 67.3 Å². The summed E-state index contributed by atoms with van der Waals surface area (Å²) in [5.41, 5.74) is -4.51. The van der Waals surface area contributed by atoms with Crippen molar-refractivity contribution in [1.82, 2.24) is 16.0 Å². The molecule has 3 amide bonds. The number of alkyl halides is 1. The minimum Gasteiger partial charge on any atom is -0.726 e. The fraction of sp³-hybridized carbons (Fsp3) is 0.681. The standard InChI is InChI=1S/C20H31NO8.C19H31NO11S.C18H29NO7.C8H16O2.C4H9Cl.K/c1-8-15(22)27-12-20(7,13-28-16(23)9-2)21-18(25)29-14(4)11-26-17(24)19(5,6)10-3;1-6-14(4)9-27-10-15(11-30-32(24,25)26)31-18(23)20-19(5,12-28-16(21)7-2)13-29-17(22)8-3;1-6-14(4)11-23-9-10-24-17(22)19-18(5,12-25-15(20)7-2)13-26-16(21)8-3;1-3-7(2)4-9-5-8-6-10-8;1-3-4(2)5;/h8-9,14H,1-2,10-13H2,3-7H3,(H,21,25);7-8,14-15H,2-3,6,9-13H2,1,4-5H3,(H,20,23)(H,24,25,26);7-8,14H,2-3,6,9-13H2,1,4-5H3,(H,19,22);7-8H,3-6H2,1-2H3;4H,3H2,1-2H3;/q;;;;;+1/p-1. The minimum atomic E-state index is -5.03. The zero-order chi connectivity index (χ0) is 79.1. The zero-order valence-electron chi connectivity index (χ0n) is 63.3. The van der Waals surface area contributed by atoms with Crippen LogP contribution in [0, 0.1) is 23.2 Å². The molecule has 1 heterocycles. The van der Waals surface area contributed by atoms with Gasteiger partial charge in [0, 0.05) is 61.7 Å². The maximum absolute atomic E-state index is 12.4. The Morgan fingerprint density at radius 2 is 0.816 bits per heavy atom. The Labute approximate surface area is 656 Å². The molecule has 1 rings (SSSR count). The quantitative estimate of drug-likeness (QED) is 0.00767. The number of hydrogen-bond acceptors (Lipinski definition) is 28. The molecule has 1 aliphatic heterocycles. The van der Waals surface area contributed by atoms with Crippen molar-refractivity contribution in [1.29, 1.82) is 0 Å². The van der Waals surface area contributed by atoms with Crippen LogP contribution in [0.5, 0.6) is 0 Å². The van der Waals surface area contributed by atoms with E-state index in [-0.39, 0.29) is 110 Å². The molecule has 588 valence electrons. The van der Waals surface area contributed by atoms with Gasteiger partial charge >= 0.3 is 111 Å². The number of carbonyl (C=O) groups is 10. The maximum atomic E-state index is 12.4. The van der Waals surface area contributed by atoms with Crippen molar-refractivity contribution in [2.45, 2.75) is 176 Å². The summed E-state index contributed by atoms with van der Waals surface area (Å²) in [5.74, 6) is -3.40. The maximum Gasteiger partial charge on any atom is 1.00 e. The van der Waals surface area contributed by atoms with Crippen LogP contribution in [-0.2, 0) is 114 Å². The molecule has 0 saturated carbocycles. The fourth-order valence-electron chi connectivity index (χ4n) is 5.88. The van der Waals surface area contributed by atoms with E-state index in [1.54, 1.807) is 27.7 Å². The van der Waals surface area contributed by atoms with Crippen molar-refractivity contribution in [2.75, 3.05) is 106 Å². The largest absolute Gasteiger partial charge is 1.00 e. The van der Waals surface area contributed by atoms with E-state index in [0.29, 0.717) is 43.0 Å². The van der Waals surface area contributed by atoms with Crippen molar-refractivity contribution in [3.05, 3.63) is 75.9 Å². The molecule has 0 radical (unpaired) electrons. The van der Waals surface area contributed by atoms with Gasteiger partial charge in [-0.1, -0.05) is 114 Å². The van der Waals surface area contributed by atoms with E-state index >= 15 is 0 Å². The Morgan fingerprint density at radius 1 is 0.485 bits per heavy atom. The molecule has 0 spiro atoms. The van der Waals surface area contributed by atoms with Crippen LogP contribution in [0.1, 0.15) is 136 Å². The van der Waals surface area contributed by atoms with Gasteiger partial charge in [0.2, 0.25) is 10.4 Å². The van der Waals surface area contributed by atoms with Crippen LogP contribution in [0.15, 0.2) is 75.9 Å². The molecule has 103 heavy (non-hydrogen) atoms. The predicted molar refractivity (Wildman–Crippen MR) is 376 cm³/mol. The molecule has 34 heteroatoms. The number of nitrogens with one attached hydrogen (secondary N) is 3. The van der Waals surface area contributed by atoms with Gasteiger partial charge in [0.05, 0.1) is 31.8 Å².